The first-order valence-corrected chi connectivity index (χ1v) is 12.5. The number of benzene rings is 1. The van der Waals surface area contributed by atoms with Gasteiger partial charge in [-0.05, 0) is 32.4 Å². The van der Waals surface area contributed by atoms with Crippen LogP contribution in [-0.4, -0.2) is 55.3 Å². The van der Waals surface area contributed by atoms with Gasteiger partial charge in [-0.25, -0.2) is 19.9 Å². The van der Waals surface area contributed by atoms with Gasteiger partial charge < -0.3 is 34.2 Å². The van der Waals surface area contributed by atoms with Crippen molar-refractivity contribution < 1.29 is 28.2 Å². The Labute approximate surface area is 221 Å². The van der Waals surface area contributed by atoms with Gasteiger partial charge in [0.15, 0.2) is 39.2 Å². The van der Waals surface area contributed by atoms with Crippen LogP contribution in [0.15, 0.2) is 45.4 Å². The largest absolute Gasteiger partial charge is 0.454 e. The molecule has 1 aromatic carbocycles. The highest BCUT2D eigenvalue weighted by Gasteiger charge is 2.30. The van der Waals surface area contributed by atoms with E-state index in [4.69, 9.17) is 29.3 Å². The number of hydrogen-bond acceptors (Lipinski definition) is 12. The second-order valence-electron chi connectivity index (χ2n) is 8.83. The molecule has 4 aromatic rings. The molecule has 13 nitrogen and oxygen atoms in total. The highest BCUT2D eigenvalue weighted by atomic mass is 32.2. The molecule has 0 bridgehead atoms. The summed E-state index contributed by atoms with van der Waals surface area (Å²) in [5.41, 5.74) is 6.56. The number of ether oxygens (including phenoxy) is 3. The van der Waals surface area contributed by atoms with Crippen LogP contribution in [0, 0.1) is 0 Å². The molecule has 14 heteroatoms. The number of nitrogens with one attached hydrogen (secondary N) is 1. The minimum Gasteiger partial charge on any atom is -0.454 e. The van der Waals surface area contributed by atoms with Crippen LogP contribution in [0.1, 0.15) is 27.2 Å². The molecule has 0 saturated heterocycles. The maximum Gasteiger partial charge on any atom is 0.303 e. The first-order chi connectivity index (χ1) is 18.2. The number of rotatable bonds is 9. The number of nitrogen functional groups attached to an aromatic ring is 1. The van der Waals surface area contributed by atoms with E-state index in [0.717, 1.165) is 4.90 Å². The second-order valence-corrected chi connectivity index (χ2v) is 9.84. The summed E-state index contributed by atoms with van der Waals surface area (Å²) in [5.74, 6) is 0.958. The number of nitrogens with zero attached hydrogens (tertiary/aromatic N) is 5. The van der Waals surface area contributed by atoms with Crippen molar-refractivity contribution in [1.29, 1.82) is 0 Å². The number of fused-ring (bicyclic) bond motifs is 2. The van der Waals surface area contributed by atoms with E-state index >= 15 is 0 Å². The monoisotopic (exact) mass is 539 g/mol. The van der Waals surface area contributed by atoms with Gasteiger partial charge in [0.2, 0.25) is 12.7 Å². The summed E-state index contributed by atoms with van der Waals surface area (Å²) in [4.78, 5) is 42.0. The van der Waals surface area contributed by atoms with Crippen LogP contribution in [0.25, 0.3) is 22.6 Å². The molecule has 3 N–H and O–H groups in total. The Kier molecular flexibility index (Phi) is 6.80. The lowest BCUT2D eigenvalue weighted by molar-refractivity contribution is -0.162. The Bertz CT molecular complexity index is 1500. The third-order valence-corrected chi connectivity index (χ3v) is 6.71. The smallest absolute Gasteiger partial charge is 0.303 e. The van der Waals surface area contributed by atoms with E-state index < -0.39 is 11.6 Å². The summed E-state index contributed by atoms with van der Waals surface area (Å²) in [6.45, 7) is 5.26. The fourth-order valence-corrected chi connectivity index (χ4v) is 4.94. The van der Waals surface area contributed by atoms with Gasteiger partial charge in [-0.1, -0.05) is 11.8 Å². The molecule has 5 rings (SSSR count). The molecular formula is C24H25N7O6S. The summed E-state index contributed by atoms with van der Waals surface area (Å²) < 4.78 is 23.7. The third-order valence-electron chi connectivity index (χ3n) is 5.65. The number of anilines is 1. The molecule has 1 aliphatic rings. The Hall–Kier alpha value is -4.33. The molecule has 0 spiro atoms. The van der Waals surface area contributed by atoms with Crippen LogP contribution < -0.4 is 20.5 Å². The molecule has 0 saturated carbocycles. The lowest BCUT2D eigenvalue weighted by Gasteiger charge is -2.23. The van der Waals surface area contributed by atoms with Gasteiger partial charge in [0.1, 0.15) is 12.6 Å². The minimum absolute atomic E-state index is 0.124. The SMILES string of the molecule is CC(=O)OC(C)(C)C(=O)NCCCn1c(Sc2cc3c(cc2-c2ncco2)OCO3)nc2c(N)ncnc21. The molecule has 0 radical (unpaired) electrons. The quantitative estimate of drug-likeness (QED) is 0.236. The molecule has 4 heterocycles. The molecule has 0 fully saturated rings. The van der Waals surface area contributed by atoms with Crippen molar-refractivity contribution in [1.82, 2.24) is 29.8 Å². The number of aryl methyl sites for hydroxylation is 1. The van der Waals surface area contributed by atoms with Crippen LogP contribution in [0.5, 0.6) is 11.5 Å². The molecule has 38 heavy (non-hydrogen) atoms. The van der Waals surface area contributed by atoms with Gasteiger partial charge in [0.05, 0.1) is 11.8 Å². The molecule has 0 unspecified atom stereocenters. The predicted molar refractivity (Wildman–Crippen MR) is 135 cm³/mol. The summed E-state index contributed by atoms with van der Waals surface area (Å²) in [5, 5.41) is 3.41. The highest BCUT2D eigenvalue weighted by molar-refractivity contribution is 7.99. The fourth-order valence-electron chi connectivity index (χ4n) is 3.90. The number of hydrogen-bond donors (Lipinski definition) is 2. The van der Waals surface area contributed by atoms with Crippen LogP contribution in [-0.2, 0) is 20.9 Å². The molecule has 0 aliphatic carbocycles. The Morgan fingerprint density at radius 2 is 2.00 bits per heavy atom. The van der Waals surface area contributed by atoms with Crippen molar-refractivity contribution in [3.8, 4) is 23.0 Å². The van der Waals surface area contributed by atoms with E-state index in [1.807, 2.05) is 16.7 Å². The first kappa shape index (κ1) is 25.3. The van der Waals surface area contributed by atoms with Gasteiger partial charge in [-0.3, -0.25) is 9.59 Å². The molecule has 1 aliphatic heterocycles. The maximum absolute atomic E-state index is 12.5. The topological polar surface area (TPSA) is 170 Å². The number of aromatic nitrogens is 5. The van der Waals surface area contributed by atoms with Crippen LogP contribution in [0.4, 0.5) is 5.82 Å². The van der Waals surface area contributed by atoms with Gasteiger partial charge in [-0.15, -0.1) is 0 Å². The Morgan fingerprint density at radius 3 is 2.74 bits per heavy atom. The highest BCUT2D eigenvalue weighted by Crippen LogP contribution is 2.44. The normalized spacial score (nSPS) is 12.6. The average molecular weight is 540 g/mol. The van der Waals surface area contributed by atoms with Crippen LogP contribution in [0.2, 0.25) is 0 Å². The van der Waals surface area contributed by atoms with Gasteiger partial charge >= 0.3 is 5.97 Å². The van der Waals surface area contributed by atoms with E-state index in [1.165, 1.54) is 31.3 Å². The van der Waals surface area contributed by atoms with Crippen molar-refractivity contribution in [2.75, 3.05) is 19.1 Å². The second kappa shape index (κ2) is 10.2. The van der Waals surface area contributed by atoms with E-state index in [0.29, 0.717) is 58.8 Å². The lowest BCUT2D eigenvalue weighted by Crippen LogP contribution is -2.45. The molecule has 0 atom stereocenters. The van der Waals surface area contributed by atoms with Crippen LogP contribution in [0.3, 0.4) is 0 Å². The van der Waals surface area contributed by atoms with E-state index in [-0.39, 0.29) is 18.5 Å². The van der Waals surface area contributed by atoms with Crippen molar-refractivity contribution >= 4 is 40.6 Å². The number of imidazole rings is 1. The number of esters is 1. The molecule has 3 aromatic heterocycles. The zero-order valence-corrected chi connectivity index (χ0v) is 21.7. The van der Waals surface area contributed by atoms with E-state index in [2.05, 4.69) is 20.3 Å². The fraction of sp³-hybridized carbons (Fsp3) is 0.333. The van der Waals surface area contributed by atoms with Gasteiger partial charge in [0, 0.05) is 24.9 Å². The zero-order chi connectivity index (χ0) is 26.9. The average Bonchev–Trinajstić information content (AvgIpc) is 3.61. The Morgan fingerprint density at radius 1 is 1.21 bits per heavy atom. The summed E-state index contributed by atoms with van der Waals surface area (Å²) >= 11 is 1.36. The maximum atomic E-state index is 12.5. The number of carbonyl (C=O) groups excluding carboxylic acids is 2. The summed E-state index contributed by atoms with van der Waals surface area (Å²) in [6, 6.07) is 3.67. The number of amides is 1. The Balaban J connectivity index is 1.41. The van der Waals surface area contributed by atoms with E-state index in [9.17, 15) is 9.59 Å². The van der Waals surface area contributed by atoms with Crippen LogP contribution >= 0.6 is 11.8 Å². The van der Waals surface area contributed by atoms with Gasteiger partial charge in [0.25, 0.3) is 5.91 Å². The predicted octanol–water partition coefficient (Wildman–Crippen LogP) is 2.79. The lowest BCUT2D eigenvalue weighted by atomic mass is 10.1. The minimum atomic E-state index is -1.27. The standard InChI is InChI=1S/C24H25N7O6S/c1-13(32)37-24(2,3)22(33)27-5-4-7-31-20-18(19(25)28-11-29-20)30-23(31)38-17-10-16-15(35-12-36-16)9-14(17)21-26-6-8-34-21/h6,8-11H,4-5,7,12H2,1-3H3,(H,27,33)(H2,25,28,29). The summed E-state index contributed by atoms with van der Waals surface area (Å²) in [7, 11) is 0. The van der Waals surface area contributed by atoms with Crippen molar-refractivity contribution in [3.63, 3.8) is 0 Å². The first-order valence-electron chi connectivity index (χ1n) is 11.7. The van der Waals surface area contributed by atoms with Crippen molar-refractivity contribution in [2.45, 2.75) is 49.4 Å². The van der Waals surface area contributed by atoms with Crippen molar-refractivity contribution in [3.05, 3.63) is 30.9 Å². The van der Waals surface area contributed by atoms with Gasteiger partial charge in [-0.2, -0.15) is 0 Å². The molecular weight excluding hydrogens is 514 g/mol. The molecule has 1 amide bonds. The molecule has 198 valence electrons. The zero-order valence-electron chi connectivity index (χ0n) is 20.9. The number of carbonyl (C=O) groups is 2. The van der Waals surface area contributed by atoms with E-state index in [1.54, 1.807) is 20.0 Å². The third kappa shape index (κ3) is 5.07. The number of oxazole rings is 1. The van der Waals surface area contributed by atoms with Crippen molar-refractivity contribution in [2.24, 2.45) is 0 Å². The summed E-state index contributed by atoms with van der Waals surface area (Å²) in [6.07, 6.45) is 4.98. The number of nitrogens with two attached hydrogens (primary N) is 1.